The molecule has 32 heavy (non-hydrogen) atoms. The normalized spacial score (nSPS) is 17.2. The number of methoxy groups -OCH3 is 1. The van der Waals surface area contributed by atoms with E-state index in [0.29, 0.717) is 33.3 Å². The Kier molecular flexibility index (Phi) is 6.17. The summed E-state index contributed by atoms with van der Waals surface area (Å²) in [4.78, 5) is 27.6. The maximum Gasteiger partial charge on any atom is 0.264 e. The van der Waals surface area contributed by atoms with E-state index in [-0.39, 0.29) is 25.4 Å². The molecule has 0 bridgehead atoms. The summed E-state index contributed by atoms with van der Waals surface area (Å²) in [5.74, 6) is 0.248. The molecule has 1 amide bonds. The third-order valence-electron chi connectivity index (χ3n) is 5.46. The molecule has 1 N–H and O–H groups in total. The quantitative estimate of drug-likeness (QED) is 0.518. The second kappa shape index (κ2) is 9.02. The van der Waals surface area contributed by atoms with Gasteiger partial charge in [0.15, 0.2) is 22.9 Å². The maximum atomic E-state index is 13.3. The van der Waals surface area contributed by atoms with Gasteiger partial charge in [0, 0.05) is 16.1 Å². The molecule has 7 heteroatoms. The zero-order valence-corrected chi connectivity index (χ0v) is 18.2. The summed E-state index contributed by atoms with van der Waals surface area (Å²) < 4.78 is 11.1. The van der Waals surface area contributed by atoms with Crippen LogP contribution in [0, 0.1) is 0 Å². The number of carbonyl (C=O) groups is 2. The smallest absolute Gasteiger partial charge is 0.264 e. The fraction of sp³-hybridized carbons (Fsp3) is 0.200. The highest BCUT2D eigenvalue weighted by molar-refractivity contribution is 6.30. The van der Waals surface area contributed by atoms with Crippen molar-refractivity contribution in [2.75, 3.05) is 25.2 Å². The van der Waals surface area contributed by atoms with Crippen LogP contribution >= 0.6 is 11.6 Å². The second-order valence-corrected chi connectivity index (χ2v) is 7.88. The number of halogens is 1. The highest BCUT2D eigenvalue weighted by Gasteiger charge is 2.50. The first-order valence-corrected chi connectivity index (χ1v) is 10.5. The van der Waals surface area contributed by atoms with Gasteiger partial charge in [-0.15, -0.1) is 0 Å². The van der Waals surface area contributed by atoms with E-state index in [9.17, 15) is 14.7 Å². The molecule has 1 unspecified atom stereocenters. The summed E-state index contributed by atoms with van der Waals surface area (Å²) in [5, 5.41) is 11.9. The summed E-state index contributed by atoms with van der Waals surface area (Å²) in [7, 11) is 1.56. The van der Waals surface area contributed by atoms with Gasteiger partial charge in [0.25, 0.3) is 5.91 Å². The number of nitrogens with zero attached hydrogens (tertiary/aromatic N) is 1. The van der Waals surface area contributed by atoms with Gasteiger partial charge in [-0.05, 0) is 42.5 Å². The third kappa shape index (κ3) is 4.07. The lowest BCUT2D eigenvalue weighted by atomic mass is 9.88. The molecule has 1 atom stereocenters. The lowest BCUT2D eigenvalue weighted by Crippen LogP contribution is -2.43. The predicted molar refractivity (Wildman–Crippen MR) is 122 cm³/mol. The number of amides is 1. The van der Waals surface area contributed by atoms with E-state index in [1.165, 1.54) is 4.90 Å². The van der Waals surface area contributed by atoms with Crippen LogP contribution in [0.15, 0.2) is 72.8 Å². The fourth-order valence-corrected chi connectivity index (χ4v) is 3.98. The highest BCUT2D eigenvalue weighted by atomic mass is 35.5. The second-order valence-electron chi connectivity index (χ2n) is 7.44. The van der Waals surface area contributed by atoms with E-state index >= 15 is 0 Å². The number of carbonyl (C=O) groups excluding carboxylic acids is 2. The summed E-state index contributed by atoms with van der Waals surface area (Å²) >= 11 is 5.89. The molecule has 4 rings (SSSR count). The molecule has 0 saturated carbocycles. The Morgan fingerprint density at radius 1 is 1.00 bits per heavy atom. The van der Waals surface area contributed by atoms with Crippen LogP contribution in [-0.4, -0.2) is 37.1 Å². The van der Waals surface area contributed by atoms with Crippen LogP contribution in [0.2, 0.25) is 5.02 Å². The average molecular weight is 452 g/mol. The number of benzene rings is 3. The van der Waals surface area contributed by atoms with Crippen molar-refractivity contribution < 1.29 is 24.2 Å². The molecule has 0 aliphatic carbocycles. The molecule has 1 aliphatic heterocycles. The van der Waals surface area contributed by atoms with Gasteiger partial charge in [0.1, 0.15) is 6.61 Å². The zero-order chi connectivity index (χ0) is 22.7. The topological polar surface area (TPSA) is 76.1 Å². The summed E-state index contributed by atoms with van der Waals surface area (Å²) in [6.45, 7) is 0.382. The molecule has 1 heterocycles. The van der Waals surface area contributed by atoms with Crippen LogP contribution in [-0.2, 0) is 10.4 Å². The van der Waals surface area contributed by atoms with E-state index in [2.05, 4.69) is 0 Å². The first kappa shape index (κ1) is 21.9. The van der Waals surface area contributed by atoms with Gasteiger partial charge in [-0.1, -0.05) is 41.9 Å². The summed E-state index contributed by atoms with van der Waals surface area (Å²) in [5.41, 5.74) is -0.596. The Hall–Kier alpha value is -3.35. The molecule has 1 aliphatic rings. The van der Waals surface area contributed by atoms with Crippen LogP contribution in [0.1, 0.15) is 22.3 Å². The van der Waals surface area contributed by atoms with Crippen LogP contribution in [0.3, 0.4) is 0 Å². The van der Waals surface area contributed by atoms with Crippen molar-refractivity contribution in [1.82, 2.24) is 0 Å². The van der Waals surface area contributed by atoms with Crippen molar-refractivity contribution in [3.05, 3.63) is 88.9 Å². The maximum absolute atomic E-state index is 13.3. The fourth-order valence-electron chi connectivity index (χ4n) is 3.85. The number of hydrogen-bond donors (Lipinski definition) is 1. The van der Waals surface area contributed by atoms with E-state index in [4.69, 9.17) is 21.1 Å². The molecule has 3 aromatic carbocycles. The van der Waals surface area contributed by atoms with E-state index in [1.807, 2.05) is 12.1 Å². The average Bonchev–Trinajstić information content (AvgIpc) is 3.01. The molecule has 0 radical (unpaired) electrons. The van der Waals surface area contributed by atoms with Crippen molar-refractivity contribution in [1.29, 1.82) is 0 Å². The van der Waals surface area contributed by atoms with Gasteiger partial charge in [-0.2, -0.15) is 0 Å². The number of para-hydroxylation sites is 3. The first-order chi connectivity index (χ1) is 15.4. The Morgan fingerprint density at radius 3 is 2.38 bits per heavy atom. The van der Waals surface area contributed by atoms with Crippen molar-refractivity contribution in [3.8, 4) is 11.5 Å². The van der Waals surface area contributed by atoms with Gasteiger partial charge in [-0.3, -0.25) is 9.59 Å². The lowest BCUT2D eigenvalue weighted by Gasteiger charge is -2.23. The number of Topliss-reactive ketones (excluding diaryl/α,β-unsaturated/α-hetero) is 1. The standard InChI is InChI=1S/C25H22ClNO5/c1-31-22-8-4-5-9-23(22)32-15-14-27-20-7-3-2-6-19(20)25(30,24(27)29)16-21(28)17-10-12-18(26)13-11-17/h2-13,30H,14-16H2,1H3. The molecule has 0 aromatic heterocycles. The minimum Gasteiger partial charge on any atom is -0.493 e. The number of hydrogen-bond acceptors (Lipinski definition) is 5. The summed E-state index contributed by atoms with van der Waals surface area (Å²) in [6, 6.07) is 20.5. The number of ketones is 1. The minimum atomic E-state index is -1.95. The Labute approximate surface area is 191 Å². The van der Waals surface area contributed by atoms with Gasteiger partial charge >= 0.3 is 0 Å². The first-order valence-electron chi connectivity index (χ1n) is 10.1. The van der Waals surface area contributed by atoms with Crippen LogP contribution < -0.4 is 14.4 Å². The largest absolute Gasteiger partial charge is 0.493 e. The third-order valence-corrected chi connectivity index (χ3v) is 5.72. The minimum absolute atomic E-state index is 0.182. The number of fused-ring (bicyclic) bond motifs is 1. The number of anilines is 1. The van der Waals surface area contributed by atoms with E-state index in [1.54, 1.807) is 67.8 Å². The molecule has 3 aromatic rings. The van der Waals surface area contributed by atoms with Gasteiger partial charge in [0.2, 0.25) is 0 Å². The van der Waals surface area contributed by atoms with Crippen LogP contribution in [0.5, 0.6) is 11.5 Å². The molecular weight excluding hydrogens is 430 g/mol. The number of rotatable bonds is 8. The Bertz CT molecular complexity index is 1150. The van der Waals surface area contributed by atoms with E-state index in [0.717, 1.165) is 0 Å². The van der Waals surface area contributed by atoms with Gasteiger partial charge in [-0.25, -0.2) is 0 Å². The predicted octanol–water partition coefficient (Wildman–Crippen LogP) is 4.23. The molecule has 0 saturated heterocycles. The Balaban J connectivity index is 1.53. The van der Waals surface area contributed by atoms with Crippen molar-refractivity contribution >= 4 is 29.0 Å². The van der Waals surface area contributed by atoms with Crippen molar-refractivity contribution in [3.63, 3.8) is 0 Å². The molecule has 6 nitrogen and oxygen atoms in total. The summed E-state index contributed by atoms with van der Waals surface area (Å²) in [6.07, 6.45) is -0.367. The molecule has 0 spiro atoms. The lowest BCUT2D eigenvalue weighted by molar-refractivity contribution is -0.135. The zero-order valence-electron chi connectivity index (χ0n) is 17.5. The Morgan fingerprint density at radius 2 is 1.66 bits per heavy atom. The monoisotopic (exact) mass is 451 g/mol. The molecular formula is C25H22ClNO5. The van der Waals surface area contributed by atoms with Crippen molar-refractivity contribution in [2.45, 2.75) is 12.0 Å². The molecule has 164 valence electrons. The van der Waals surface area contributed by atoms with E-state index < -0.39 is 11.5 Å². The van der Waals surface area contributed by atoms with Crippen LogP contribution in [0.4, 0.5) is 5.69 Å². The SMILES string of the molecule is COc1ccccc1OCCN1C(=O)C(O)(CC(=O)c2ccc(Cl)cc2)c2ccccc21. The molecule has 0 fully saturated rings. The highest BCUT2D eigenvalue weighted by Crippen LogP contribution is 2.42. The van der Waals surface area contributed by atoms with Crippen LogP contribution in [0.25, 0.3) is 0 Å². The van der Waals surface area contributed by atoms with Gasteiger partial charge in [0.05, 0.1) is 25.8 Å². The number of ether oxygens (including phenoxy) is 2. The van der Waals surface area contributed by atoms with Crippen molar-refractivity contribution in [2.24, 2.45) is 0 Å². The number of aliphatic hydroxyl groups is 1. The van der Waals surface area contributed by atoms with Gasteiger partial charge < -0.3 is 19.5 Å².